The van der Waals surface area contributed by atoms with Crippen LogP contribution in [0.2, 0.25) is 0 Å². The summed E-state index contributed by atoms with van der Waals surface area (Å²) in [6.45, 7) is 10.8. The highest BCUT2D eigenvalue weighted by Crippen LogP contribution is 2.28. The van der Waals surface area contributed by atoms with Crippen molar-refractivity contribution < 1.29 is 5.11 Å². The summed E-state index contributed by atoms with van der Waals surface area (Å²) < 4.78 is 0. The first-order valence-corrected chi connectivity index (χ1v) is 7.02. The fourth-order valence-corrected chi connectivity index (χ4v) is 3.17. The molecule has 18 heavy (non-hydrogen) atoms. The molecule has 1 heterocycles. The number of nitrogens with zero attached hydrogens (tertiary/aromatic N) is 1. The molecule has 2 heteroatoms. The van der Waals surface area contributed by atoms with Crippen molar-refractivity contribution in [1.29, 1.82) is 0 Å². The lowest BCUT2D eigenvalue weighted by atomic mass is 10.0. The van der Waals surface area contributed by atoms with Crippen LogP contribution in [0.5, 0.6) is 5.75 Å². The van der Waals surface area contributed by atoms with Crippen LogP contribution < -0.4 is 0 Å². The van der Waals surface area contributed by atoms with E-state index in [2.05, 4.69) is 30.9 Å². The third kappa shape index (κ3) is 2.69. The lowest BCUT2D eigenvalue weighted by Gasteiger charge is -2.27. The predicted octanol–water partition coefficient (Wildman–Crippen LogP) is 3.63. The van der Waals surface area contributed by atoms with E-state index >= 15 is 0 Å². The van der Waals surface area contributed by atoms with Crippen LogP contribution in [0.15, 0.2) is 12.1 Å². The summed E-state index contributed by atoms with van der Waals surface area (Å²) in [6, 6.07) is 4.97. The lowest BCUT2D eigenvalue weighted by molar-refractivity contribution is 0.198. The van der Waals surface area contributed by atoms with Gasteiger partial charge >= 0.3 is 0 Å². The van der Waals surface area contributed by atoms with Crippen molar-refractivity contribution in [3.8, 4) is 5.75 Å². The third-order valence-electron chi connectivity index (χ3n) is 4.12. The second-order valence-corrected chi connectivity index (χ2v) is 6.00. The molecular weight excluding hydrogens is 222 g/mol. The highest BCUT2D eigenvalue weighted by atomic mass is 16.3. The minimum atomic E-state index is 0.445. The first-order chi connectivity index (χ1) is 8.49. The number of benzene rings is 1. The van der Waals surface area contributed by atoms with Crippen molar-refractivity contribution in [3.05, 3.63) is 28.8 Å². The van der Waals surface area contributed by atoms with E-state index < -0.39 is 0 Å². The molecule has 0 saturated carbocycles. The minimum absolute atomic E-state index is 0.445. The smallest absolute Gasteiger partial charge is 0.121 e. The molecule has 0 spiro atoms. The highest BCUT2D eigenvalue weighted by molar-refractivity contribution is 5.42. The Morgan fingerprint density at radius 1 is 1.28 bits per heavy atom. The van der Waals surface area contributed by atoms with E-state index in [4.69, 9.17) is 0 Å². The Hall–Kier alpha value is -1.02. The van der Waals surface area contributed by atoms with Gasteiger partial charge in [-0.25, -0.2) is 0 Å². The van der Waals surface area contributed by atoms with Gasteiger partial charge in [-0.2, -0.15) is 0 Å². The van der Waals surface area contributed by atoms with Crippen LogP contribution in [-0.4, -0.2) is 22.6 Å². The van der Waals surface area contributed by atoms with Gasteiger partial charge in [0.1, 0.15) is 5.75 Å². The molecule has 1 saturated heterocycles. The molecule has 1 aliphatic rings. The molecule has 0 aromatic heterocycles. The largest absolute Gasteiger partial charge is 0.507 e. The maximum atomic E-state index is 9.82. The number of rotatable bonds is 3. The van der Waals surface area contributed by atoms with E-state index in [0.29, 0.717) is 5.75 Å². The summed E-state index contributed by atoms with van der Waals surface area (Å²) in [5, 5.41) is 9.82. The van der Waals surface area contributed by atoms with E-state index in [9.17, 15) is 5.11 Å². The summed E-state index contributed by atoms with van der Waals surface area (Å²) in [7, 11) is 0. The van der Waals surface area contributed by atoms with Gasteiger partial charge in [0.15, 0.2) is 0 Å². The van der Waals surface area contributed by atoms with Gasteiger partial charge in [-0.3, -0.25) is 4.90 Å². The zero-order chi connectivity index (χ0) is 13.3. The summed E-state index contributed by atoms with van der Waals surface area (Å²) in [5.74, 6) is 1.17. The van der Waals surface area contributed by atoms with Gasteiger partial charge in [-0.1, -0.05) is 26.0 Å². The van der Waals surface area contributed by atoms with Crippen LogP contribution in [-0.2, 0) is 6.54 Å². The summed E-state index contributed by atoms with van der Waals surface area (Å²) in [4.78, 5) is 2.59. The first-order valence-electron chi connectivity index (χ1n) is 7.02. The van der Waals surface area contributed by atoms with E-state index in [-0.39, 0.29) is 0 Å². The number of hydrogen-bond donors (Lipinski definition) is 1. The summed E-state index contributed by atoms with van der Waals surface area (Å²) >= 11 is 0. The fraction of sp³-hybridized carbons (Fsp3) is 0.625. The van der Waals surface area contributed by atoms with Crippen molar-refractivity contribution >= 4 is 0 Å². The SMILES string of the molecule is Cc1cc(CN2CCCC2C(C)C)cc(C)c1O. The summed E-state index contributed by atoms with van der Waals surface area (Å²) in [6.07, 6.45) is 2.65. The van der Waals surface area contributed by atoms with Crippen LogP contribution in [0, 0.1) is 19.8 Å². The van der Waals surface area contributed by atoms with E-state index in [1.54, 1.807) is 0 Å². The van der Waals surface area contributed by atoms with Crippen molar-refractivity contribution in [2.45, 2.75) is 53.1 Å². The van der Waals surface area contributed by atoms with Crippen LogP contribution >= 0.6 is 0 Å². The molecule has 1 N–H and O–H groups in total. The van der Waals surface area contributed by atoms with E-state index in [1.807, 2.05) is 13.8 Å². The molecule has 0 bridgehead atoms. The zero-order valence-electron chi connectivity index (χ0n) is 12.0. The third-order valence-corrected chi connectivity index (χ3v) is 4.12. The predicted molar refractivity (Wildman–Crippen MR) is 75.9 cm³/mol. The first kappa shape index (κ1) is 13.4. The Balaban J connectivity index is 2.14. The van der Waals surface area contributed by atoms with Gasteiger partial charge in [0.25, 0.3) is 0 Å². The van der Waals surface area contributed by atoms with Gasteiger partial charge < -0.3 is 5.11 Å². The van der Waals surface area contributed by atoms with E-state index in [0.717, 1.165) is 29.6 Å². The van der Waals surface area contributed by atoms with Crippen molar-refractivity contribution in [3.63, 3.8) is 0 Å². The monoisotopic (exact) mass is 247 g/mol. The maximum absolute atomic E-state index is 9.82. The lowest BCUT2D eigenvalue weighted by Crippen LogP contribution is -2.32. The van der Waals surface area contributed by atoms with Gasteiger partial charge in [0.05, 0.1) is 0 Å². The number of phenols is 1. The van der Waals surface area contributed by atoms with Gasteiger partial charge in [-0.15, -0.1) is 0 Å². The Bertz CT molecular complexity index is 402. The Labute approximate surface area is 111 Å². The number of hydrogen-bond acceptors (Lipinski definition) is 2. The molecule has 0 amide bonds. The molecule has 0 radical (unpaired) electrons. The van der Waals surface area contributed by atoms with Crippen LogP contribution in [0.25, 0.3) is 0 Å². The normalized spacial score (nSPS) is 20.8. The number of aromatic hydroxyl groups is 1. The fourth-order valence-electron chi connectivity index (χ4n) is 3.17. The summed E-state index contributed by atoms with van der Waals surface area (Å²) in [5.41, 5.74) is 3.31. The number of phenolic OH excluding ortho intramolecular Hbond substituents is 1. The Kier molecular flexibility index (Phi) is 3.96. The molecule has 100 valence electrons. The molecule has 1 fully saturated rings. The van der Waals surface area contributed by atoms with E-state index in [1.165, 1.54) is 24.9 Å². The van der Waals surface area contributed by atoms with Crippen LogP contribution in [0.3, 0.4) is 0 Å². The molecule has 1 aromatic carbocycles. The van der Waals surface area contributed by atoms with Crippen molar-refractivity contribution in [1.82, 2.24) is 4.90 Å². The number of aryl methyl sites for hydroxylation is 2. The average molecular weight is 247 g/mol. The molecular formula is C16H25NO. The molecule has 1 unspecified atom stereocenters. The zero-order valence-corrected chi connectivity index (χ0v) is 12.0. The second-order valence-electron chi connectivity index (χ2n) is 6.00. The van der Waals surface area contributed by atoms with Gasteiger partial charge in [0.2, 0.25) is 0 Å². The van der Waals surface area contributed by atoms with Crippen LogP contribution in [0.4, 0.5) is 0 Å². The Morgan fingerprint density at radius 3 is 2.44 bits per heavy atom. The average Bonchev–Trinajstić information content (AvgIpc) is 2.74. The minimum Gasteiger partial charge on any atom is -0.507 e. The molecule has 0 aliphatic carbocycles. The van der Waals surface area contributed by atoms with Crippen molar-refractivity contribution in [2.75, 3.05) is 6.54 Å². The molecule has 1 aliphatic heterocycles. The second kappa shape index (κ2) is 5.31. The van der Waals surface area contributed by atoms with Gasteiger partial charge in [0, 0.05) is 12.6 Å². The maximum Gasteiger partial charge on any atom is 0.121 e. The topological polar surface area (TPSA) is 23.5 Å². The van der Waals surface area contributed by atoms with Crippen molar-refractivity contribution in [2.24, 2.45) is 5.92 Å². The molecule has 1 aromatic rings. The van der Waals surface area contributed by atoms with Crippen LogP contribution in [0.1, 0.15) is 43.4 Å². The Morgan fingerprint density at radius 2 is 1.89 bits per heavy atom. The standard InChI is InChI=1S/C16H25NO/c1-11(2)15-6-5-7-17(15)10-14-8-12(3)16(18)13(4)9-14/h8-9,11,15,18H,5-7,10H2,1-4H3. The molecule has 1 atom stereocenters. The quantitative estimate of drug-likeness (QED) is 0.881. The molecule has 2 rings (SSSR count). The van der Waals surface area contributed by atoms with Gasteiger partial charge in [-0.05, 0) is 55.8 Å². The highest BCUT2D eigenvalue weighted by Gasteiger charge is 2.26. The number of likely N-dealkylation sites (tertiary alicyclic amines) is 1. The molecule has 2 nitrogen and oxygen atoms in total.